The predicted molar refractivity (Wildman–Crippen MR) is 134 cm³/mol. The van der Waals surface area contributed by atoms with Crippen LogP contribution in [0.1, 0.15) is 62.9 Å². The lowest BCUT2D eigenvalue weighted by Crippen LogP contribution is -2.82. The maximum absolute atomic E-state index is 14.0. The lowest BCUT2D eigenvalue weighted by Gasteiger charge is -2.71. The summed E-state index contributed by atoms with van der Waals surface area (Å²) in [6.45, 7) is 7.60. The highest BCUT2D eigenvalue weighted by molar-refractivity contribution is 6.09. The molecule has 2 unspecified atom stereocenters. The van der Waals surface area contributed by atoms with Gasteiger partial charge in [0.1, 0.15) is 24.4 Å². The Morgan fingerprint density at radius 3 is 2.26 bits per heavy atom. The maximum Gasteiger partial charge on any atom is 0.230 e. The molecule has 3 aliphatic carbocycles. The van der Waals surface area contributed by atoms with Gasteiger partial charge in [-0.3, -0.25) is 19.2 Å². The van der Waals surface area contributed by atoms with Crippen LogP contribution in [-0.4, -0.2) is 73.2 Å². The molecular formula is C28H37NO9. The second-order valence-corrected chi connectivity index (χ2v) is 12.1. The molecule has 0 aliphatic heterocycles. The minimum atomic E-state index is -2.76. The zero-order chi connectivity index (χ0) is 28.7. The molecule has 208 valence electrons. The van der Waals surface area contributed by atoms with Crippen LogP contribution in [0.3, 0.4) is 0 Å². The highest BCUT2D eigenvalue weighted by atomic mass is 16.4. The van der Waals surface area contributed by atoms with Crippen LogP contribution in [-0.2, 0) is 14.4 Å². The van der Waals surface area contributed by atoms with Gasteiger partial charge in [0, 0.05) is 11.8 Å². The van der Waals surface area contributed by atoms with Gasteiger partial charge in [0.05, 0.1) is 17.6 Å². The predicted octanol–water partition coefficient (Wildman–Crippen LogP) is 0.311. The van der Waals surface area contributed by atoms with Crippen molar-refractivity contribution in [3.05, 3.63) is 29.3 Å². The van der Waals surface area contributed by atoms with E-state index in [9.17, 15) is 44.7 Å². The number of phenols is 1. The van der Waals surface area contributed by atoms with Crippen LogP contribution in [0.2, 0.25) is 0 Å². The second kappa shape index (κ2) is 8.94. The van der Waals surface area contributed by atoms with Gasteiger partial charge in [0.25, 0.3) is 0 Å². The number of aliphatic hydroxyl groups excluding tert-OH is 3. The molecule has 1 aromatic rings. The Morgan fingerprint density at radius 1 is 1.13 bits per heavy atom. The number of aromatic hydroxyl groups is 1. The van der Waals surface area contributed by atoms with Gasteiger partial charge in [0.2, 0.25) is 5.91 Å². The zero-order valence-electron chi connectivity index (χ0n) is 22.2. The average Bonchev–Trinajstić information content (AvgIpc) is 2.82. The molecule has 38 heavy (non-hydrogen) atoms. The number of amides is 1. The fourth-order valence-electron chi connectivity index (χ4n) is 8.66. The number of benzene rings is 1. The number of carbonyl (C=O) groups is 4. The van der Waals surface area contributed by atoms with E-state index in [2.05, 4.69) is 0 Å². The summed E-state index contributed by atoms with van der Waals surface area (Å²) in [4.78, 5) is 53.2. The number of carbonyl (C=O) groups excluding carboxylic acids is 4. The molecule has 10 heteroatoms. The van der Waals surface area contributed by atoms with Gasteiger partial charge < -0.3 is 31.3 Å². The zero-order valence-corrected chi connectivity index (χ0v) is 22.2. The normalized spacial score (nSPS) is 42.3. The van der Waals surface area contributed by atoms with E-state index in [0.29, 0.717) is 5.56 Å². The van der Waals surface area contributed by atoms with Crippen LogP contribution in [0.15, 0.2) is 18.2 Å². The van der Waals surface area contributed by atoms with E-state index in [1.807, 2.05) is 0 Å². The third kappa shape index (κ3) is 3.20. The van der Waals surface area contributed by atoms with Gasteiger partial charge in [-0.2, -0.15) is 0 Å². The molecule has 4 rings (SSSR count). The fraction of sp³-hybridized carbons (Fsp3) is 0.643. The Kier molecular flexibility index (Phi) is 6.67. The minimum absolute atomic E-state index is 0.0453. The van der Waals surface area contributed by atoms with Crippen LogP contribution in [0.4, 0.5) is 0 Å². The van der Waals surface area contributed by atoms with Gasteiger partial charge in [0.15, 0.2) is 23.0 Å². The summed E-state index contributed by atoms with van der Waals surface area (Å²) in [7, 11) is 0. The van der Waals surface area contributed by atoms with Crippen LogP contribution < -0.4 is 5.73 Å². The number of hydrogen-bond donors (Lipinski definition) is 6. The molecule has 3 aliphatic rings. The smallest absolute Gasteiger partial charge is 0.230 e. The van der Waals surface area contributed by atoms with E-state index in [1.165, 1.54) is 13.0 Å². The Labute approximate surface area is 220 Å². The molecule has 0 saturated heterocycles. The molecule has 10 nitrogen and oxygen atoms in total. The fourth-order valence-corrected chi connectivity index (χ4v) is 8.66. The van der Waals surface area contributed by atoms with E-state index in [1.54, 1.807) is 39.8 Å². The number of ketones is 3. The number of hydrogen-bond acceptors (Lipinski definition) is 9. The van der Waals surface area contributed by atoms with E-state index < -0.39 is 94.0 Å². The third-order valence-electron chi connectivity index (χ3n) is 10.4. The first-order chi connectivity index (χ1) is 17.5. The summed E-state index contributed by atoms with van der Waals surface area (Å²) in [6.07, 6.45) is -4.05. The molecule has 0 heterocycles. The van der Waals surface area contributed by atoms with Crippen molar-refractivity contribution in [2.45, 2.75) is 64.8 Å². The molecule has 1 aromatic carbocycles. The largest absolute Gasteiger partial charge is 0.507 e. The summed E-state index contributed by atoms with van der Waals surface area (Å²) in [5.41, 5.74) is 0.166. The SMILES string of the molecule is CC(C)[C@H]1C(O)[C@@H](C(N)=O)C(=O)[C@]2(O)C(O)[C@H]3C(=O)c4c(O)cccc4[C@@H](C)[C@]3(C)[C@@H](CC(=O)CO)[C@]12C. The van der Waals surface area contributed by atoms with Crippen molar-refractivity contribution in [3.63, 3.8) is 0 Å². The van der Waals surface area contributed by atoms with Gasteiger partial charge in [-0.1, -0.05) is 46.8 Å². The molecule has 0 radical (unpaired) electrons. The van der Waals surface area contributed by atoms with Crippen LogP contribution in [0.25, 0.3) is 0 Å². The van der Waals surface area contributed by atoms with Gasteiger partial charge in [-0.05, 0) is 40.7 Å². The van der Waals surface area contributed by atoms with Crippen LogP contribution >= 0.6 is 0 Å². The van der Waals surface area contributed by atoms with Gasteiger partial charge >= 0.3 is 0 Å². The van der Waals surface area contributed by atoms with Crippen molar-refractivity contribution in [3.8, 4) is 5.75 Å². The van der Waals surface area contributed by atoms with Crippen molar-refractivity contribution in [1.29, 1.82) is 0 Å². The summed E-state index contributed by atoms with van der Waals surface area (Å²) in [5, 5.41) is 56.0. The molecule has 0 aromatic heterocycles. The van der Waals surface area contributed by atoms with Gasteiger partial charge in [-0.25, -0.2) is 0 Å². The Balaban J connectivity index is 2.13. The Morgan fingerprint density at radius 2 is 1.74 bits per heavy atom. The maximum atomic E-state index is 14.0. The number of aliphatic hydroxyl groups is 4. The van der Waals surface area contributed by atoms with E-state index in [4.69, 9.17) is 5.73 Å². The van der Waals surface area contributed by atoms with E-state index in [0.717, 1.165) is 0 Å². The second-order valence-electron chi connectivity index (χ2n) is 12.1. The van der Waals surface area contributed by atoms with Crippen molar-refractivity contribution < 1.29 is 44.7 Å². The summed E-state index contributed by atoms with van der Waals surface area (Å²) < 4.78 is 0. The number of primary amides is 1. The topological polar surface area (TPSA) is 195 Å². The van der Waals surface area contributed by atoms with Crippen molar-refractivity contribution in [2.75, 3.05) is 6.61 Å². The quantitative estimate of drug-likeness (QED) is 0.290. The number of rotatable bonds is 5. The molecule has 2 fully saturated rings. The van der Waals surface area contributed by atoms with Crippen LogP contribution in [0, 0.1) is 40.4 Å². The van der Waals surface area contributed by atoms with Crippen LogP contribution in [0.5, 0.6) is 5.75 Å². The number of Topliss-reactive ketones (excluding diaryl/α,β-unsaturated/α-hetero) is 3. The molecule has 0 spiro atoms. The summed E-state index contributed by atoms with van der Waals surface area (Å²) in [6, 6.07) is 4.57. The highest BCUT2D eigenvalue weighted by Crippen LogP contribution is 2.71. The molecule has 7 N–H and O–H groups in total. The Bertz CT molecular complexity index is 1210. The summed E-state index contributed by atoms with van der Waals surface area (Å²) in [5.74, 6) is -10.4. The monoisotopic (exact) mass is 531 g/mol. The lowest BCUT2D eigenvalue weighted by atomic mass is 9.33. The average molecular weight is 532 g/mol. The lowest BCUT2D eigenvalue weighted by molar-refractivity contribution is -0.292. The van der Waals surface area contributed by atoms with E-state index >= 15 is 0 Å². The van der Waals surface area contributed by atoms with Crippen molar-refractivity contribution >= 4 is 23.3 Å². The molecule has 2 saturated carbocycles. The van der Waals surface area contributed by atoms with Crippen molar-refractivity contribution in [2.24, 2.45) is 46.2 Å². The molecule has 10 atom stereocenters. The van der Waals surface area contributed by atoms with Gasteiger partial charge in [-0.15, -0.1) is 0 Å². The first-order valence-electron chi connectivity index (χ1n) is 12.9. The number of fused-ring (bicyclic) bond motifs is 3. The molecular weight excluding hydrogens is 494 g/mol. The summed E-state index contributed by atoms with van der Waals surface area (Å²) >= 11 is 0. The number of nitrogens with two attached hydrogens (primary N) is 1. The number of phenolic OH excluding ortho intramolecular Hbond substituents is 1. The van der Waals surface area contributed by atoms with E-state index in [-0.39, 0.29) is 17.7 Å². The standard InChI is InChI=1S/C28H37NO9/c1-11(2)19-22(34)18(25(29)37)23(35)28(38)24(36)20-21(33)17-14(7-6-8-15(17)32)12(3)26(20,4)16(27(19,28)5)9-13(31)10-30/h6-8,11-12,16,18-20,22,24,30,32,34,36,38H,9-10H2,1-5H3,(H2,29,37)/t12-,16-,18-,19+,20-,22?,24?,26-,27-,28+/m1/s1. The minimum Gasteiger partial charge on any atom is -0.507 e. The first-order valence-corrected chi connectivity index (χ1v) is 12.9. The first kappa shape index (κ1) is 28.4. The molecule has 0 bridgehead atoms. The van der Waals surface area contributed by atoms with Crippen molar-refractivity contribution in [1.82, 2.24) is 0 Å². The Hall–Kier alpha value is -2.66. The highest BCUT2D eigenvalue weighted by Gasteiger charge is 2.80. The third-order valence-corrected chi connectivity index (χ3v) is 10.4. The molecule has 1 amide bonds.